The van der Waals surface area contributed by atoms with Crippen molar-refractivity contribution in [2.45, 2.75) is 109 Å². The quantitative estimate of drug-likeness (QED) is 0.369. The van der Waals surface area contributed by atoms with Crippen molar-refractivity contribution in [2.24, 2.45) is 17.3 Å². The molecule has 1 saturated carbocycles. The van der Waals surface area contributed by atoms with E-state index in [0.717, 1.165) is 57.9 Å². The highest BCUT2D eigenvalue weighted by Gasteiger charge is 2.63. The van der Waals surface area contributed by atoms with Crippen LogP contribution >= 0.6 is 0 Å². The van der Waals surface area contributed by atoms with E-state index in [1.165, 1.54) is 12.8 Å². The number of unbranched alkanes of at least 4 members (excludes halogenated alkanes) is 2. The van der Waals surface area contributed by atoms with Crippen LogP contribution in [0.3, 0.4) is 0 Å². The number of allylic oxidation sites excluding steroid dienone is 3. The number of nitrogens with zero attached hydrogens (tertiary/aromatic N) is 2. The molecule has 4 aliphatic rings. The molecule has 5 atom stereocenters. The lowest BCUT2D eigenvalue weighted by molar-refractivity contribution is -0.140. The number of amides is 1. The van der Waals surface area contributed by atoms with Gasteiger partial charge in [0, 0.05) is 49.5 Å². The number of aliphatic hydroxyl groups excluding tert-OH is 1. The summed E-state index contributed by atoms with van der Waals surface area (Å²) in [4.78, 5) is 31.4. The summed E-state index contributed by atoms with van der Waals surface area (Å²) >= 11 is 0. The molecule has 0 bridgehead atoms. The van der Waals surface area contributed by atoms with E-state index in [2.05, 4.69) is 29.2 Å². The second kappa shape index (κ2) is 11.8. The molecule has 1 amide bonds. The first-order valence-electron chi connectivity index (χ1n) is 14.4. The molecule has 6 heteroatoms. The maximum atomic E-state index is 13.6. The highest BCUT2D eigenvalue weighted by atomic mass is 16.6. The second-order valence-electron chi connectivity index (χ2n) is 12.5. The zero-order valence-electron chi connectivity index (χ0n) is 22.8. The van der Waals surface area contributed by atoms with Gasteiger partial charge in [0.2, 0.25) is 0 Å². The van der Waals surface area contributed by atoms with Crippen molar-refractivity contribution in [3.8, 4) is 0 Å². The molecule has 36 heavy (non-hydrogen) atoms. The first-order valence-corrected chi connectivity index (χ1v) is 14.4. The molecular weight excluding hydrogens is 452 g/mol. The highest BCUT2D eigenvalue weighted by Crippen LogP contribution is 2.58. The molecule has 4 rings (SSSR count). The number of ether oxygens (including phenoxy) is 1. The summed E-state index contributed by atoms with van der Waals surface area (Å²) in [7, 11) is 0. The van der Waals surface area contributed by atoms with Crippen molar-refractivity contribution in [1.82, 2.24) is 9.80 Å². The van der Waals surface area contributed by atoms with Crippen LogP contribution in [0.15, 0.2) is 24.3 Å². The summed E-state index contributed by atoms with van der Waals surface area (Å²) in [5, 5.41) is 8.99. The molecule has 1 aliphatic carbocycles. The summed E-state index contributed by atoms with van der Waals surface area (Å²) in [6.07, 6.45) is 19.7. The lowest BCUT2D eigenvalue weighted by Gasteiger charge is -2.55. The first kappa shape index (κ1) is 27.4. The van der Waals surface area contributed by atoms with E-state index >= 15 is 0 Å². The van der Waals surface area contributed by atoms with E-state index in [0.29, 0.717) is 37.3 Å². The molecule has 6 nitrogen and oxygen atoms in total. The number of rotatable bonds is 7. The molecule has 3 aliphatic heterocycles. The largest absolute Gasteiger partial charge is 0.444 e. The van der Waals surface area contributed by atoms with Crippen LogP contribution in [0.4, 0.5) is 4.79 Å². The third-order valence-electron chi connectivity index (χ3n) is 8.89. The fourth-order valence-electron chi connectivity index (χ4n) is 7.38. The molecule has 1 unspecified atom stereocenters. The number of piperidine rings is 1. The molecule has 0 aromatic rings. The minimum absolute atomic E-state index is 0.0276. The molecule has 3 heterocycles. The first-order chi connectivity index (χ1) is 17.2. The zero-order chi connectivity index (χ0) is 25.8. The van der Waals surface area contributed by atoms with Gasteiger partial charge in [-0.2, -0.15) is 0 Å². The van der Waals surface area contributed by atoms with E-state index in [-0.39, 0.29) is 30.1 Å². The predicted octanol–water partition coefficient (Wildman–Crippen LogP) is 5.50. The predicted molar refractivity (Wildman–Crippen MR) is 143 cm³/mol. The van der Waals surface area contributed by atoms with E-state index in [4.69, 9.17) is 9.84 Å². The van der Waals surface area contributed by atoms with Crippen LogP contribution in [0, 0.1) is 17.3 Å². The van der Waals surface area contributed by atoms with Gasteiger partial charge in [0.1, 0.15) is 11.4 Å². The Labute approximate surface area is 218 Å². The van der Waals surface area contributed by atoms with E-state index in [1.54, 1.807) is 0 Å². The minimum Gasteiger partial charge on any atom is -0.444 e. The SMILES string of the molecule is CC(C)(C)OC(=O)N1CC[C@H]2CC(=O)C(CC/C=C\CCCCO)[C@@H]3N4CCCC/C=C\[C@H]4C[C@]23C1. The Morgan fingerprint density at radius 2 is 2.00 bits per heavy atom. The van der Waals surface area contributed by atoms with Crippen LogP contribution in [-0.4, -0.2) is 70.7 Å². The van der Waals surface area contributed by atoms with Crippen molar-refractivity contribution in [1.29, 1.82) is 0 Å². The van der Waals surface area contributed by atoms with Gasteiger partial charge >= 0.3 is 6.09 Å². The van der Waals surface area contributed by atoms with Gasteiger partial charge in [0.05, 0.1) is 0 Å². The minimum atomic E-state index is -0.509. The Kier molecular flexibility index (Phi) is 8.98. The summed E-state index contributed by atoms with van der Waals surface area (Å²) < 4.78 is 5.80. The number of likely N-dealkylation sites (tertiary alicyclic amines) is 1. The molecule has 202 valence electrons. The number of Topliss-reactive ketones (excluding diaryl/α,β-unsaturated/α-hetero) is 1. The van der Waals surface area contributed by atoms with Crippen molar-refractivity contribution in [3.05, 3.63) is 24.3 Å². The summed E-state index contributed by atoms with van der Waals surface area (Å²) in [6, 6.07) is 0.559. The third-order valence-corrected chi connectivity index (χ3v) is 8.89. The Morgan fingerprint density at radius 3 is 2.78 bits per heavy atom. The molecule has 0 radical (unpaired) electrons. The summed E-state index contributed by atoms with van der Waals surface area (Å²) in [5.74, 6) is 0.812. The lowest BCUT2D eigenvalue weighted by Crippen LogP contribution is -2.63. The Hall–Kier alpha value is -1.66. The maximum Gasteiger partial charge on any atom is 0.410 e. The van der Waals surface area contributed by atoms with Gasteiger partial charge < -0.3 is 14.7 Å². The van der Waals surface area contributed by atoms with Crippen LogP contribution in [0.1, 0.15) is 91.4 Å². The van der Waals surface area contributed by atoms with E-state index in [1.807, 2.05) is 25.7 Å². The van der Waals surface area contributed by atoms with Crippen molar-refractivity contribution < 1.29 is 19.4 Å². The zero-order valence-corrected chi connectivity index (χ0v) is 22.8. The fraction of sp³-hybridized carbons (Fsp3) is 0.800. The molecule has 1 spiro atoms. The van der Waals surface area contributed by atoms with E-state index < -0.39 is 5.60 Å². The van der Waals surface area contributed by atoms with Crippen LogP contribution < -0.4 is 0 Å². The molecule has 2 saturated heterocycles. The van der Waals surface area contributed by atoms with Crippen LogP contribution in [0.25, 0.3) is 0 Å². The number of carbonyl (C=O) groups is 2. The van der Waals surface area contributed by atoms with Gasteiger partial charge in [-0.3, -0.25) is 9.69 Å². The smallest absolute Gasteiger partial charge is 0.410 e. The van der Waals surface area contributed by atoms with Gasteiger partial charge in [0.15, 0.2) is 0 Å². The average molecular weight is 501 g/mol. The summed E-state index contributed by atoms with van der Waals surface area (Å²) in [5.41, 5.74) is -0.552. The van der Waals surface area contributed by atoms with Gasteiger partial charge in [-0.1, -0.05) is 24.3 Å². The Morgan fingerprint density at radius 1 is 1.19 bits per heavy atom. The van der Waals surface area contributed by atoms with Crippen LogP contribution in [-0.2, 0) is 9.53 Å². The Balaban J connectivity index is 1.57. The molecule has 0 aromatic carbocycles. The monoisotopic (exact) mass is 500 g/mol. The number of ketones is 1. The van der Waals surface area contributed by atoms with Crippen LogP contribution in [0.2, 0.25) is 0 Å². The third kappa shape index (κ3) is 6.07. The number of hydrogen-bond donors (Lipinski definition) is 1. The van der Waals surface area contributed by atoms with Gasteiger partial charge in [0.25, 0.3) is 0 Å². The fourth-order valence-corrected chi connectivity index (χ4v) is 7.38. The van der Waals surface area contributed by atoms with Crippen molar-refractivity contribution >= 4 is 11.9 Å². The topological polar surface area (TPSA) is 70.1 Å². The van der Waals surface area contributed by atoms with E-state index in [9.17, 15) is 9.59 Å². The molecule has 3 fully saturated rings. The molecule has 1 N–H and O–H groups in total. The number of fused-ring (bicyclic) bond motifs is 2. The standard InChI is InChI=1S/C30H48N2O4/c1-29(2,3)36-28(35)31-18-16-23-20-26(34)25(15-11-6-4-5-9-13-19-33)27-30(23,22-31)21-24-14-10-7-8-12-17-32(24)27/h4,6,10,14,23-25,27,33H,5,7-9,11-13,15-22H2,1-3H3/b6-4-,14-10-/t23-,24-,25?,27-,30-/m0/s1. The van der Waals surface area contributed by atoms with Gasteiger partial charge in [-0.25, -0.2) is 4.79 Å². The maximum absolute atomic E-state index is 13.6. The highest BCUT2D eigenvalue weighted by molar-refractivity contribution is 5.84. The van der Waals surface area contributed by atoms with Gasteiger partial charge in [-0.05, 0) is 97.4 Å². The second-order valence-corrected chi connectivity index (χ2v) is 12.5. The Bertz CT molecular complexity index is 831. The normalized spacial score (nSPS) is 34.0. The molecule has 0 aromatic heterocycles. The van der Waals surface area contributed by atoms with Crippen LogP contribution in [0.5, 0.6) is 0 Å². The molecular formula is C30H48N2O4. The van der Waals surface area contributed by atoms with Gasteiger partial charge in [-0.15, -0.1) is 0 Å². The summed E-state index contributed by atoms with van der Waals surface area (Å²) in [6.45, 7) is 8.47. The van der Waals surface area contributed by atoms with Crippen molar-refractivity contribution in [3.63, 3.8) is 0 Å². The van der Waals surface area contributed by atoms with Crippen molar-refractivity contribution in [2.75, 3.05) is 26.2 Å². The lowest BCUT2D eigenvalue weighted by atomic mass is 9.56. The average Bonchev–Trinajstić information content (AvgIpc) is 3.09. The number of hydrogen-bond acceptors (Lipinski definition) is 5. The number of carbonyl (C=O) groups excluding carboxylic acids is 2. The number of aliphatic hydroxyl groups is 1.